The SMILES string of the molecule is O=C(COC(=O)/C=C/c1cccc(F)c1)NC(=O)NCc1cccs1. The van der Waals surface area contributed by atoms with Gasteiger partial charge in [0.15, 0.2) is 6.61 Å². The number of thiophene rings is 1. The summed E-state index contributed by atoms with van der Waals surface area (Å²) in [5.41, 5.74) is 0.481. The molecule has 1 aromatic heterocycles. The molecule has 0 unspecified atom stereocenters. The number of imide groups is 1. The molecule has 0 radical (unpaired) electrons. The van der Waals surface area contributed by atoms with Crippen LogP contribution in [0.4, 0.5) is 9.18 Å². The van der Waals surface area contributed by atoms with Gasteiger partial charge in [-0.3, -0.25) is 10.1 Å². The summed E-state index contributed by atoms with van der Waals surface area (Å²) in [5.74, 6) is -1.96. The third-order valence-corrected chi connectivity index (χ3v) is 3.74. The Balaban J connectivity index is 1.68. The number of nitrogens with one attached hydrogen (secondary N) is 2. The second-order valence-electron chi connectivity index (χ2n) is 4.81. The Morgan fingerprint density at radius 2 is 2.04 bits per heavy atom. The molecule has 0 bridgehead atoms. The zero-order valence-electron chi connectivity index (χ0n) is 13.0. The van der Waals surface area contributed by atoms with Gasteiger partial charge in [0, 0.05) is 11.0 Å². The summed E-state index contributed by atoms with van der Waals surface area (Å²) in [4.78, 5) is 35.5. The lowest BCUT2D eigenvalue weighted by Crippen LogP contribution is -2.40. The molecule has 6 nitrogen and oxygen atoms in total. The number of carbonyl (C=O) groups is 3. The van der Waals surface area contributed by atoms with Crippen molar-refractivity contribution in [3.05, 3.63) is 64.1 Å². The van der Waals surface area contributed by atoms with E-state index < -0.39 is 30.3 Å². The zero-order valence-corrected chi connectivity index (χ0v) is 13.8. The first-order valence-corrected chi connectivity index (χ1v) is 8.11. The molecule has 0 aliphatic rings. The first-order valence-electron chi connectivity index (χ1n) is 7.23. The quantitative estimate of drug-likeness (QED) is 0.611. The minimum absolute atomic E-state index is 0.299. The number of carbonyl (C=O) groups excluding carboxylic acids is 3. The van der Waals surface area contributed by atoms with Crippen LogP contribution in [0.15, 0.2) is 47.9 Å². The number of ether oxygens (including phenoxy) is 1. The van der Waals surface area contributed by atoms with E-state index in [0.717, 1.165) is 11.0 Å². The second kappa shape index (κ2) is 9.33. The van der Waals surface area contributed by atoms with Crippen LogP contribution in [0.1, 0.15) is 10.4 Å². The van der Waals surface area contributed by atoms with Gasteiger partial charge in [-0.25, -0.2) is 14.0 Å². The first-order chi connectivity index (χ1) is 12.0. The maximum Gasteiger partial charge on any atom is 0.331 e. The maximum atomic E-state index is 13.0. The van der Waals surface area contributed by atoms with Crippen LogP contribution in [0.5, 0.6) is 0 Å². The van der Waals surface area contributed by atoms with Crippen molar-refractivity contribution in [3.63, 3.8) is 0 Å². The minimum Gasteiger partial charge on any atom is -0.452 e. The second-order valence-corrected chi connectivity index (χ2v) is 5.84. The van der Waals surface area contributed by atoms with E-state index in [2.05, 4.69) is 5.32 Å². The first kappa shape index (κ1) is 18.3. The maximum absolute atomic E-state index is 13.0. The Kier molecular flexibility index (Phi) is 6.85. The van der Waals surface area contributed by atoms with Gasteiger partial charge in [-0.15, -0.1) is 11.3 Å². The highest BCUT2D eigenvalue weighted by molar-refractivity contribution is 7.09. The minimum atomic E-state index is -0.779. The third kappa shape index (κ3) is 6.96. The largest absolute Gasteiger partial charge is 0.452 e. The van der Waals surface area contributed by atoms with Crippen LogP contribution in [0, 0.1) is 5.82 Å². The molecule has 130 valence electrons. The van der Waals surface area contributed by atoms with E-state index in [9.17, 15) is 18.8 Å². The van der Waals surface area contributed by atoms with Gasteiger partial charge in [0.05, 0.1) is 6.54 Å². The van der Waals surface area contributed by atoms with Gasteiger partial charge in [-0.2, -0.15) is 0 Å². The average Bonchev–Trinajstić information content (AvgIpc) is 3.10. The summed E-state index contributed by atoms with van der Waals surface area (Å²) in [7, 11) is 0. The van der Waals surface area contributed by atoms with Crippen LogP contribution in [0.3, 0.4) is 0 Å². The fraction of sp³-hybridized carbons (Fsp3) is 0.118. The van der Waals surface area contributed by atoms with Gasteiger partial charge < -0.3 is 10.1 Å². The lowest BCUT2D eigenvalue weighted by molar-refractivity contribution is -0.143. The number of halogens is 1. The predicted octanol–water partition coefficient (Wildman–Crippen LogP) is 2.47. The monoisotopic (exact) mass is 362 g/mol. The van der Waals surface area contributed by atoms with E-state index >= 15 is 0 Å². The van der Waals surface area contributed by atoms with Crippen molar-refractivity contribution >= 4 is 35.3 Å². The molecular weight excluding hydrogens is 347 g/mol. The molecule has 8 heteroatoms. The summed E-state index contributed by atoms with van der Waals surface area (Å²) in [6, 6.07) is 8.66. The van der Waals surface area contributed by atoms with E-state index in [-0.39, 0.29) is 0 Å². The number of hydrogen-bond donors (Lipinski definition) is 2. The molecule has 1 heterocycles. The Hall–Kier alpha value is -3.00. The molecule has 0 aliphatic heterocycles. The van der Waals surface area contributed by atoms with Crippen molar-refractivity contribution in [2.45, 2.75) is 6.54 Å². The number of hydrogen-bond acceptors (Lipinski definition) is 5. The molecule has 2 aromatic rings. The highest BCUT2D eigenvalue weighted by Gasteiger charge is 2.09. The molecule has 0 saturated carbocycles. The van der Waals surface area contributed by atoms with Gasteiger partial charge >= 0.3 is 12.0 Å². The fourth-order valence-corrected chi connectivity index (χ4v) is 2.39. The lowest BCUT2D eigenvalue weighted by atomic mass is 10.2. The summed E-state index contributed by atoms with van der Waals surface area (Å²) >= 11 is 1.47. The Bertz CT molecular complexity index is 775. The van der Waals surface area contributed by atoms with Crippen molar-refractivity contribution in [2.24, 2.45) is 0 Å². The molecule has 0 spiro atoms. The van der Waals surface area contributed by atoms with E-state index in [4.69, 9.17) is 4.74 Å². The van der Waals surface area contributed by atoms with Gasteiger partial charge in [0.25, 0.3) is 5.91 Å². The van der Waals surface area contributed by atoms with Crippen LogP contribution in [-0.2, 0) is 20.9 Å². The lowest BCUT2D eigenvalue weighted by Gasteiger charge is -2.05. The Labute approximate surface area is 147 Å². The zero-order chi connectivity index (χ0) is 18.1. The topological polar surface area (TPSA) is 84.5 Å². The van der Waals surface area contributed by atoms with Crippen LogP contribution >= 0.6 is 11.3 Å². The third-order valence-electron chi connectivity index (χ3n) is 2.86. The van der Waals surface area contributed by atoms with Crippen molar-refractivity contribution in [1.29, 1.82) is 0 Å². The van der Waals surface area contributed by atoms with Gasteiger partial charge in [0.2, 0.25) is 0 Å². The molecule has 2 rings (SSSR count). The number of rotatable bonds is 6. The molecule has 1 aromatic carbocycles. The van der Waals surface area contributed by atoms with Crippen LogP contribution in [-0.4, -0.2) is 24.5 Å². The van der Waals surface area contributed by atoms with E-state index in [0.29, 0.717) is 12.1 Å². The van der Waals surface area contributed by atoms with E-state index in [1.807, 2.05) is 22.8 Å². The summed E-state index contributed by atoms with van der Waals surface area (Å²) in [6.45, 7) is -0.300. The smallest absolute Gasteiger partial charge is 0.331 e. The van der Waals surface area contributed by atoms with Crippen molar-refractivity contribution < 1.29 is 23.5 Å². The Morgan fingerprint density at radius 1 is 1.20 bits per heavy atom. The summed E-state index contributed by atoms with van der Waals surface area (Å²) < 4.78 is 17.7. The predicted molar refractivity (Wildman–Crippen MR) is 91.1 cm³/mol. The highest BCUT2D eigenvalue weighted by atomic mass is 32.1. The molecule has 3 amide bonds. The molecule has 2 N–H and O–H groups in total. The fourth-order valence-electron chi connectivity index (χ4n) is 1.75. The molecule has 25 heavy (non-hydrogen) atoms. The van der Waals surface area contributed by atoms with Crippen LogP contribution < -0.4 is 10.6 Å². The number of benzene rings is 1. The average molecular weight is 362 g/mol. The number of amides is 3. The molecule has 0 saturated heterocycles. The summed E-state index contributed by atoms with van der Waals surface area (Å²) in [6.07, 6.45) is 2.43. The standard InChI is InChI=1S/C17H15FN2O4S/c18-13-4-1-3-12(9-13)6-7-16(22)24-11-15(21)20-17(23)19-10-14-5-2-8-25-14/h1-9H,10-11H2,(H2,19,20,21,23)/b7-6+. The van der Waals surface area contributed by atoms with Gasteiger partial charge in [-0.1, -0.05) is 18.2 Å². The van der Waals surface area contributed by atoms with Gasteiger partial charge in [0.1, 0.15) is 5.82 Å². The molecule has 0 fully saturated rings. The van der Waals surface area contributed by atoms with Crippen molar-refractivity contribution in [1.82, 2.24) is 10.6 Å². The molecular formula is C17H15FN2O4S. The van der Waals surface area contributed by atoms with Crippen molar-refractivity contribution in [2.75, 3.05) is 6.61 Å². The van der Waals surface area contributed by atoms with E-state index in [1.165, 1.54) is 35.6 Å². The molecule has 0 atom stereocenters. The van der Waals surface area contributed by atoms with Gasteiger partial charge in [-0.05, 0) is 35.2 Å². The number of esters is 1. The normalized spacial score (nSPS) is 10.4. The number of urea groups is 1. The Morgan fingerprint density at radius 3 is 2.76 bits per heavy atom. The molecule has 0 aliphatic carbocycles. The van der Waals surface area contributed by atoms with E-state index in [1.54, 1.807) is 6.07 Å². The highest BCUT2D eigenvalue weighted by Crippen LogP contribution is 2.07. The van der Waals surface area contributed by atoms with Crippen LogP contribution in [0.25, 0.3) is 6.08 Å². The summed E-state index contributed by atoms with van der Waals surface area (Å²) in [5, 5.41) is 6.42. The van der Waals surface area contributed by atoms with Crippen LogP contribution in [0.2, 0.25) is 0 Å². The van der Waals surface area contributed by atoms with Crippen molar-refractivity contribution in [3.8, 4) is 0 Å².